The van der Waals surface area contributed by atoms with E-state index < -0.39 is 5.79 Å². The molecule has 3 nitrogen and oxygen atoms in total. The van der Waals surface area contributed by atoms with Gasteiger partial charge in [0.1, 0.15) is 0 Å². The van der Waals surface area contributed by atoms with Crippen LogP contribution in [0.1, 0.15) is 47.5 Å². The first kappa shape index (κ1) is 16.3. The number of aliphatic hydroxyl groups excluding tert-OH is 1. The molecule has 0 rings (SSSR count). The van der Waals surface area contributed by atoms with Gasteiger partial charge >= 0.3 is 0 Å². The summed E-state index contributed by atoms with van der Waals surface area (Å²) in [4.78, 5) is 0. The van der Waals surface area contributed by atoms with E-state index in [1.54, 1.807) is 0 Å². The van der Waals surface area contributed by atoms with E-state index in [9.17, 15) is 0 Å². The average Bonchev–Trinajstić information content (AvgIpc) is 1.96. The maximum Gasteiger partial charge on any atom is 0.156 e. The molecule has 1 atom stereocenters. The molecule has 0 aromatic carbocycles. The lowest BCUT2D eigenvalue weighted by molar-refractivity contribution is -0.127. The Labute approximate surface area is 87.8 Å². The van der Waals surface area contributed by atoms with Gasteiger partial charge < -0.3 is 15.3 Å². The van der Waals surface area contributed by atoms with Gasteiger partial charge in [-0.2, -0.15) is 0 Å². The molecule has 0 saturated carbocycles. The Hall–Kier alpha value is -0.120. The maximum absolute atomic E-state index is 8.65. The third-order valence-corrected chi connectivity index (χ3v) is 1.55. The highest BCUT2D eigenvalue weighted by molar-refractivity contribution is 4.52. The summed E-state index contributed by atoms with van der Waals surface area (Å²) in [7, 11) is 0. The molecule has 0 heterocycles. The first-order chi connectivity index (χ1) is 6.16. The summed E-state index contributed by atoms with van der Waals surface area (Å²) in [6.45, 7) is 9.45. The topological polar surface area (TPSA) is 60.7 Å². The second-order valence-electron chi connectivity index (χ2n) is 4.75. The smallest absolute Gasteiger partial charge is 0.156 e. The van der Waals surface area contributed by atoms with Gasteiger partial charge in [0.05, 0.1) is 0 Å². The van der Waals surface area contributed by atoms with Crippen LogP contribution in [0.5, 0.6) is 0 Å². The minimum atomic E-state index is -1.50. The van der Waals surface area contributed by atoms with Crippen LogP contribution in [0.4, 0.5) is 0 Å². The molecule has 88 valence electrons. The normalized spacial score (nSPS) is 13.5. The van der Waals surface area contributed by atoms with Crippen molar-refractivity contribution >= 4 is 0 Å². The van der Waals surface area contributed by atoms with Crippen LogP contribution in [0.2, 0.25) is 0 Å². The molecule has 0 aromatic heterocycles. The molecular formula is C11H26O3. The second-order valence-corrected chi connectivity index (χ2v) is 4.75. The highest BCUT2D eigenvalue weighted by Crippen LogP contribution is 2.10. The molecular weight excluding hydrogens is 180 g/mol. The van der Waals surface area contributed by atoms with Crippen molar-refractivity contribution in [2.45, 2.75) is 53.2 Å². The van der Waals surface area contributed by atoms with E-state index in [0.29, 0.717) is 12.5 Å². The lowest BCUT2D eigenvalue weighted by atomic mass is 10.0. The van der Waals surface area contributed by atoms with Gasteiger partial charge in [-0.3, -0.25) is 0 Å². The third kappa shape index (κ3) is 29.7. The van der Waals surface area contributed by atoms with E-state index in [0.717, 1.165) is 12.3 Å². The maximum atomic E-state index is 8.65. The standard InChI is InChI=1S/C8H18O.C3H8O2/c1-7(2)4-5-8(3)6-9;1-3(2,4)5/h7-9H,4-6H2,1-3H3;4-5H,1-2H3. The van der Waals surface area contributed by atoms with Crippen molar-refractivity contribution in [3.05, 3.63) is 0 Å². The van der Waals surface area contributed by atoms with Crippen LogP contribution in [-0.4, -0.2) is 27.7 Å². The summed E-state index contributed by atoms with van der Waals surface area (Å²) < 4.78 is 0. The van der Waals surface area contributed by atoms with Gasteiger partial charge in [0, 0.05) is 6.61 Å². The molecule has 0 aliphatic carbocycles. The van der Waals surface area contributed by atoms with Crippen LogP contribution in [0.25, 0.3) is 0 Å². The summed E-state index contributed by atoms with van der Waals surface area (Å²) in [5.74, 6) is -0.230. The molecule has 0 amide bonds. The van der Waals surface area contributed by atoms with Gasteiger partial charge in [-0.15, -0.1) is 0 Å². The molecule has 14 heavy (non-hydrogen) atoms. The highest BCUT2D eigenvalue weighted by Gasteiger charge is 2.01. The summed E-state index contributed by atoms with van der Waals surface area (Å²) in [5, 5.41) is 24.8. The molecule has 3 heteroatoms. The van der Waals surface area contributed by atoms with Crippen molar-refractivity contribution in [2.24, 2.45) is 11.8 Å². The summed E-state index contributed by atoms with van der Waals surface area (Å²) in [6, 6.07) is 0. The number of hydrogen-bond donors (Lipinski definition) is 3. The van der Waals surface area contributed by atoms with Gasteiger partial charge in [-0.25, -0.2) is 0 Å². The summed E-state index contributed by atoms with van der Waals surface area (Å²) >= 11 is 0. The van der Waals surface area contributed by atoms with Crippen molar-refractivity contribution in [1.82, 2.24) is 0 Å². The molecule has 0 aliphatic rings. The zero-order valence-electron chi connectivity index (χ0n) is 10.1. The Morgan fingerprint density at radius 3 is 1.57 bits per heavy atom. The van der Waals surface area contributed by atoms with Crippen LogP contribution in [-0.2, 0) is 0 Å². The molecule has 1 unspecified atom stereocenters. The minimum absolute atomic E-state index is 0.340. The first-order valence-corrected chi connectivity index (χ1v) is 5.22. The predicted octanol–water partition coefficient (Wildman–Crippen LogP) is 1.76. The summed E-state index contributed by atoms with van der Waals surface area (Å²) in [6.07, 6.45) is 2.40. The van der Waals surface area contributed by atoms with Crippen molar-refractivity contribution in [2.75, 3.05) is 6.61 Å². The Balaban J connectivity index is 0. The Kier molecular flexibility index (Phi) is 9.57. The Bertz CT molecular complexity index is 110. The fraction of sp³-hybridized carbons (Fsp3) is 1.00. The van der Waals surface area contributed by atoms with E-state index in [-0.39, 0.29) is 0 Å². The number of rotatable bonds is 4. The van der Waals surface area contributed by atoms with E-state index in [4.69, 9.17) is 15.3 Å². The Morgan fingerprint density at radius 1 is 1.00 bits per heavy atom. The zero-order chi connectivity index (χ0) is 11.8. The van der Waals surface area contributed by atoms with Crippen molar-refractivity contribution in [3.63, 3.8) is 0 Å². The predicted molar refractivity (Wildman–Crippen MR) is 58.8 cm³/mol. The molecule has 0 radical (unpaired) electrons. The van der Waals surface area contributed by atoms with E-state index in [1.807, 2.05) is 0 Å². The van der Waals surface area contributed by atoms with Gasteiger partial charge in [-0.1, -0.05) is 27.2 Å². The molecule has 0 bridgehead atoms. The van der Waals surface area contributed by atoms with E-state index in [1.165, 1.54) is 20.3 Å². The molecule has 0 aliphatic heterocycles. The molecule has 0 aromatic rings. The molecule has 3 N–H and O–H groups in total. The fourth-order valence-electron chi connectivity index (χ4n) is 0.709. The number of hydrogen-bond acceptors (Lipinski definition) is 3. The van der Waals surface area contributed by atoms with Crippen molar-refractivity contribution in [3.8, 4) is 0 Å². The van der Waals surface area contributed by atoms with E-state index in [2.05, 4.69) is 20.8 Å². The summed E-state index contributed by atoms with van der Waals surface area (Å²) in [5.41, 5.74) is 0. The average molecular weight is 206 g/mol. The van der Waals surface area contributed by atoms with Crippen LogP contribution in [0.15, 0.2) is 0 Å². The SMILES string of the molecule is CC(C)(O)O.CC(C)CCC(C)CO. The third-order valence-electron chi connectivity index (χ3n) is 1.55. The van der Waals surface area contributed by atoms with Crippen LogP contribution in [0, 0.1) is 11.8 Å². The van der Waals surface area contributed by atoms with Crippen LogP contribution in [0.3, 0.4) is 0 Å². The van der Waals surface area contributed by atoms with Crippen molar-refractivity contribution in [1.29, 1.82) is 0 Å². The second kappa shape index (κ2) is 8.21. The highest BCUT2D eigenvalue weighted by atomic mass is 16.5. The van der Waals surface area contributed by atoms with Crippen LogP contribution >= 0.6 is 0 Å². The minimum Gasteiger partial charge on any atom is -0.396 e. The van der Waals surface area contributed by atoms with Crippen molar-refractivity contribution < 1.29 is 15.3 Å². The van der Waals surface area contributed by atoms with Crippen LogP contribution < -0.4 is 0 Å². The lowest BCUT2D eigenvalue weighted by Crippen LogP contribution is -2.15. The molecule has 0 fully saturated rings. The zero-order valence-corrected chi connectivity index (χ0v) is 10.1. The van der Waals surface area contributed by atoms with Gasteiger partial charge in [-0.05, 0) is 32.1 Å². The monoisotopic (exact) mass is 206 g/mol. The molecule has 0 spiro atoms. The van der Waals surface area contributed by atoms with Gasteiger partial charge in [0.2, 0.25) is 0 Å². The van der Waals surface area contributed by atoms with Gasteiger partial charge in [0.25, 0.3) is 0 Å². The van der Waals surface area contributed by atoms with Gasteiger partial charge in [0.15, 0.2) is 5.79 Å². The Morgan fingerprint density at radius 2 is 1.36 bits per heavy atom. The molecule has 0 saturated heterocycles. The number of aliphatic hydroxyl groups is 3. The largest absolute Gasteiger partial charge is 0.396 e. The fourth-order valence-corrected chi connectivity index (χ4v) is 0.709. The quantitative estimate of drug-likeness (QED) is 0.614. The van der Waals surface area contributed by atoms with E-state index >= 15 is 0 Å². The lowest BCUT2D eigenvalue weighted by Gasteiger charge is -2.08. The first-order valence-electron chi connectivity index (χ1n) is 5.22.